The average Bonchev–Trinajstić information content (AvgIpc) is 2.38. The summed E-state index contributed by atoms with van der Waals surface area (Å²) in [6, 6.07) is 20.1. The molecule has 0 unspecified atom stereocenters. The minimum atomic E-state index is 0.782. The van der Waals surface area contributed by atoms with Crippen LogP contribution < -0.4 is 5.73 Å². The highest BCUT2D eigenvalue weighted by atomic mass is 14.6. The second kappa shape index (κ2) is 5.08. The normalized spacial score (nSPS) is 11.1. The van der Waals surface area contributed by atoms with E-state index in [0.29, 0.717) is 0 Å². The molecular formula is C15H14N-. The van der Waals surface area contributed by atoms with Crippen molar-refractivity contribution in [2.24, 2.45) is 5.73 Å². The monoisotopic (exact) mass is 208 g/mol. The van der Waals surface area contributed by atoms with E-state index in [-0.39, 0.29) is 0 Å². The molecule has 2 aromatic carbocycles. The first-order chi connectivity index (χ1) is 7.86. The second-order valence-electron chi connectivity index (χ2n) is 3.57. The first kappa shape index (κ1) is 10.4. The lowest BCUT2D eigenvalue weighted by atomic mass is 10.1. The van der Waals surface area contributed by atoms with Crippen molar-refractivity contribution < 1.29 is 0 Å². The van der Waals surface area contributed by atoms with Crippen LogP contribution in [0.25, 0.3) is 5.70 Å². The van der Waals surface area contributed by atoms with Crippen molar-refractivity contribution in [3.8, 4) is 0 Å². The van der Waals surface area contributed by atoms with Crippen LogP contribution in [0.3, 0.4) is 0 Å². The number of rotatable bonds is 3. The molecule has 0 atom stereocenters. The molecule has 0 aliphatic rings. The number of hydrogen-bond donors (Lipinski definition) is 1. The largest absolute Gasteiger partial charge is 0.435 e. The van der Waals surface area contributed by atoms with Gasteiger partial charge in [-0.05, 0) is 11.3 Å². The molecule has 0 spiro atoms. The molecule has 0 fully saturated rings. The third kappa shape index (κ3) is 2.67. The number of allylic oxidation sites excluding steroid dienone is 1. The summed E-state index contributed by atoms with van der Waals surface area (Å²) in [5, 5.41) is 0. The van der Waals surface area contributed by atoms with Crippen LogP contribution in [0.5, 0.6) is 0 Å². The molecule has 0 heterocycles. The fourth-order valence-electron chi connectivity index (χ4n) is 1.48. The fourth-order valence-corrected chi connectivity index (χ4v) is 1.48. The summed E-state index contributed by atoms with van der Waals surface area (Å²) in [6.45, 7) is 0. The Balaban J connectivity index is 2.09. The molecule has 0 radical (unpaired) electrons. The Kier molecular flexibility index (Phi) is 3.29. The van der Waals surface area contributed by atoms with E-state index in [1.54, 1.807) is 0 Å². The van der Waals surface area contributed by atoms with Gasteiger partial charge in [-0.3, -0.25) is 0 Å². The van der Waals surface area contributed by atoms with Gasteiger partial charge in [0.2, 0.25) is 0 Å². The average molecular weight is 208 g/mol. The van der Waals surface area contributed by atoms with Crippen molar-refractivity contribution in [3.63, 3.8) is 0 Å². The highest BCUT2D eigenvalue weighted by Gasteiger charge is 1.89. The molecule has 2 aromatic rings. The molecule has 0 saturated carbocycles. The highest BCUT2D eigenvalue weighted by molar-refractivity contribution is 5.64. The van der Waals surface area contributed by atoms with Gasteiger partial charge in [-0.1, -0.05) is 36.4 Å². The third-order valence-corrected chi connectivity index (χ3v) is 2.36. The minimum Gasteiger partial charge on any atom is -0.435 e. The minimum absolute atomic E-state index is 0.782. The molecule has 2 N–H and O–H groups in total. The molecule has 0 aromatic heterocycles. The zero-order valence-corrected chi connectivity index (χ0v) is 9.01. The lowest BCUT2D eigenvalue weighted by Crippen LogP contribution is -1.96. The van der Waals surface area contributed by atoms with Crippen LogP contribution in [-0.4, -0.2) is 0 Å². The molecule has 1 nitrogen and oxygen atoms in total. The second-order valence-corrected chi connectivity index (χ2v) is 3.57. The van der Waals surface area contributed by atoms with Gasteiger partial charge in [-0.25, -0.2) is 0 Å². The summed E-state index contributed by atoms with van der Waals surface area (Å²) in [5.41, 5.74) is 8.96. The third-order valence-electron chi connectivity index (χ3n) is 2.36. The maximum absolute atomic E-state index is 5.97. The summed E-state index contributed by atoms with van der Waals surface area (Å²) in [6.07, 6.45) is 3.95. The van der Waals surface area contributed by atoms with Gasteiger partial charge >= 0.3 is 0 Å². The summed E-state index contributed by atoms with van der Waals surface area (Å²) in [4.78, 5) is 0. The Morgan fingerprint density at radius 3 is 2.06 bits per heavy atom. The summed E-state index contributed by atoms with van der Waals surface area (Å²) in [7, 11) is 0. The van der Waals surface area contributed by atoms with Gasteiger partial charge < -0.3 is 5.73 Å². The van der Waals surface area contributed by atoms with Crippen LogP contribution >= 0.6 is 0 Å². The quantitative estimate of drug-likeness (QED) is 0.770. The van der Waals surface area contributed by atoms with Crippen LogP contribution in [0.2, 0.25) is 0 Å². The highest BCUT2D eigenvalue weighted by Crippen LogP contribution is 2.11. The van der Waals surface area contributed by atoms with Crippen molar-refractivity contribution >= 4 is 5.70 Å². The summed E-state index contributed by atoms with van der Waals surface area (Å²) in [5.74, 6) is 0. The van der Waals surface area contributed by atoms with E-state index in [4.69, 9.17) is 5.73 Å². The first-order valence-electron chi connectivity index (χ1n) is 5.27. The summed E-state index contributed by atoms with van der Waals surface area (Å²) >= 11 is 0. The van der Waals surface area contributed by atoms with Gasteiger partial charge in [0.15, 0.2) is 0 Å². The van der Waals surface area contributed by atoms with E-state index in [9.17, 15) is 0 Å². The molecule has 1 heteroatoms. The van der Waals surface area contributed by atoms with Gasteiger partial charge in [0, 0.05) is 0 Å². The standard InChI is InChI=1S/C15H14N/c16-15(14-9-5-2-6-10-14)12-11-13-7-3-1-4-8-13/h1-12H,16H2/q-1/b15-12-. The maximum Gasteiger partial charge on any atom is -0.0340 e. The first-order valence-corrected chi connectivity index (χ1v) is 5.27. The Morgan fingerprint density at radius 2 is 1.44 bits per heavy atom. The Labute approximate surface area is 96.2 Å². The zero-order chi connectivity index (χ0) is 11.2. The van der Waals surface area contributed by atoms with Gasteiger partial charge in [0.05, 0.1) is 0 Å². The molecular weight excluding hydrogens is 194 g/mol. The van der Waals surface area contributed by atoms with E-state index >= 15 is 0 Å². The predicted octanol–water partition coefficient (Wildman–Crippen LogP) is 3.24. The topological polar surface area (TPSA) is 26.0 Å². The van der Waals surface area contributed by atoms with Crippen molar-refractivity contribution in [1.29, 1.82) is 0 Å². The molecule has 80 valence electrons. The van der Waals surface area contributed by atoms with Crippen molar-refractivity contribution in [2.45, 2.75) is 0 Å². The van der Waals surface area contributed by atoms with E-state index < -0.39 is 0 Å². The van der Waals surface area contributed by atoms with Crippen molar-refractivity contribution in [1.82, 2.24) is 0 Å². The number of hydrogen-bond acceptors (Lipinski definition) is 1. The molecule has 0 aliphatic heterocycles. The van der Waals surface area contributed by atoms with Crippen molar-refractivity contribution in [3.05, 3.63) is 84.3 Å². The number of benzene rings is 2. The van der Waals surface area contributed by atoms with Crippen LogP contribution in [-0.2, 0) is 0 Å². The van der Waals surface area contributed by atoms with Crippen LogP contribution in [0, 0.1) is 6.42 Å². The van der Waals surface area contributed by atoms with Gasteiger partial charge in [0.25, 0.3) is 0 Å². The van der Waals surface area contributed by atoms with Crippen molar-refractivity contribution in [2.75, 3.05) is 0 Å². The zero-order valence-electron chi connectivity index (χ0n) is 9.01. The van der Waals surface area contributed by atoms with E-state index in [1.807, 2.05) is 61.0 Å². The van der Waals surface area contributed by atoms with Gasteiger partial charge in [0.1, 0.15) is 0 Å². The maximum atomic E-state index is 5.97. The van der Waals surface area contributed by atoms with Gasteiger partial charge in [-0.15, -0.1) is 42.3 Å². The smallest absolute Gasteiger partial charge is 0.0340 e. The molecule has 0 amide bonds. The van der Waals surface area contributed by atoms with E-state index in [2.05, 4.69) is 12.1 Å². The van der Waals surface area contributed by atoms with Gasteiger partial charge in [-0.2, -0.15) is 0 Å². The SMILES string of the molecule is N/C(=C\[CH-]c1ccccc1)c1ccccc1. The lowest BCUT2D eigenvalue weighted by Gasteiger charge is -2.08. The molecule has 2 rings (SSSR count). The van der Waals surface area contributed by atoms with Crippen LogP contribution in [0.1, 0.15) is 11.1 Å². The molecule has 0 saturated heterocycles. The van der Waals surface area contributed by atoms with E-state index in [0.717, 1.165) is 16.8 Å². The van der Waals surface area contributed by atoms with Crippen LogP contribution in [0.4, 0.5) is 0 Å². The molecule has 16 heavy (non-hydrogen) atoms. The molecule has 0 aliphatic carbocycles. The predicted molar refractivity (Wildman–Crippen MR) is 68.5 cm³/mol. The summed E-state index contributed by atoms with van der Waals surface area (Å²) < 4.78 is 0. The Hall–Kier alpha value is -2.15. The lowest BCUT2D eigenvalue weighted by molar-refractivity contribution is 1.47. The Morgan fingerprint density at radius 1 is 0.875 bits per heavy atom. The van der Waals surface area contributed by atoms with Crippen LogP contribution in [0.15, 0.2) is 66.7 Å². The fraction of sp³-hybridized carbons (Fsp3) is 0. The Bertz CT molecular complexity index is 457. The molecule has 0 bridgehead atoms. The van der Waals surface area contributed by atoms with E-state index in [1.165, 1.54) is 0 Å². The number of nitrogens with two attached hydrogens (primary N) is 1.